The van der Waals surface area contributed by atoms with E-state index in [9.17, 15) is 24.1 Å². The second kappa shape index (κ2) is 9.91. The molecule has 12 heteroatoms. The Labute approximate surface area is 174 Å². The van der Waals surface area contributed by atoms with E-state index in [0.29, 0.717) is 11.3 Å². The molecular weight excluding hydrogens is 413 g/mol. The highest BCUT2D eigenvalue weighted by atomic mass is 19.1. The fourth-order valence-electron chi connectivity index (χ4n) is 2.35. The van der Waals surface area contributed by atoms with Gasteiger partial charge in [0.05, 0.1) is 4.92 Å². The molecule has 160 valence electrons. The lowest BCUT2D eigenvalue weighted by atomic mass is 10.2. The number of rotatable bonds is 9. The van der Waals surface area contributed by atoms with Crippen molar-refractivity contribution >= 4 is 17.5 Å². The lowest BCUT2D eigenvalue weighted by Crippen LogP contribution is -2.36. The third-order valence-corrected chi connectivity index (χ3v) is 3.87. The summed E-state index contributed by atoms with van der Waals surface area (Å²) in [7, 11) is 0. The Morgan fingerprint density at radius 1 is 1.06 bits per heavy atom. The number of carbonyl (C=O) groups is 2. The van der Waals surface area contributed by atoms with Crippen LogP contribution in [0.2, 0.25) is 0 Å². The van der Waals surface area contributed by atoms with Gasteiger partial charge in [0.2, 0.25) is 5.82 Å². The first-order valence-electron chi connectivity index (χ1n) is 8.94. The van der Waals surface area contributed by atoms with Gasteiger partial charge in [-0.1, -0.05) is 5.16 Å². The third-order valence-electron chi connectivity index (χ3n) is 3.87. The standard InChI is InChI=1S/C19H16FN5O6/c20-13-3-7-15(8-4-13)30-11-16(26)21-9-10-22-18(27)19-23-17(24-31-19)12-1-5-14(6-2-12)25(28)29/h1-8H,9-11H2,(H,21,26)(H,22,27). The first-order valence-corrected chi connectivity index (χ1v) is 8.94. The van der Waals surface area contributed by atoms with Gasteiger partial charge in [0.15, 0.2) is 6.61 Å². The van der Waals surface area contributed by atoms with Gasteiger partial charge in [-0.3, -0.25) is 19.7 Å². The van der Waals surface area contributed by atoms with Crippen LogP contribution in [0.15, 0.2) is 53.1 Å². The molecule has 2 amide bonds. The van der Waals surface area contributed by atoms with Crippen molar-refractivity contribution in [2.75, 3.05) is 19.7 Å². The third kappa shape index (κ3) is 6.06. The molecule has 3 rings (SSSR count). The van der Waals surface area contributed by atoms with Crippen molar-refractivity contribution < 1.29 is 28.2 Å². The molecule has 2 N–H and O–H groups in total. The van der Waals surface area contributed by atoms with Gasteiger partial charge in [-0.2, -0.15) is 4.98 Å². The van der Waals surface area contributed by atoms with E-state index >= 15 is 0 Å². The second-order valence-electron chi connectivity index (χ2n) is 6.08. The van der Waals surface area contributed by atoms with E-state index in [4.69, 9.17) is 9.26 Å². The Morgan fingerprint density at radius 2 is 1.74 bits per heavy atom. The Balaban J connectivity index is 1.40. The number of aromatic nitrogens is 2. The van der Waals surface area contributed by atoms with Gasteiger partial charge in [-0.25, -0.2) is 4.39 Å². The van der Waals surface area contributed by atoms with E-state index in [0.717, 1.165) is 0 Å². The molecule has 0 atom stereocenters. The molecule has 2 aromatic carbocycles. The highest BCUT2D eigenvalue weighted by molar-refractivity contribution is 5.89. The minimum atomic E-state index is -0.641. The average Bonchev–Trinajstić information content (AvgIpc) is 3.27. The van der Waals surface area contributed by atoms with E-state index in [1.807, 2.05) is 0 Å². The predicted molar refractivity (Wildman–Crippen MR) is 104 cm³/mol. The number of nitro benzene ring substituents is 1. The molecule has 0 aliphatic rings. The lowest BCUT2D eigenvalue weighted by Gasteiger charge is -2.07. The van der Waals surface area contributed by atoms with Crippen molar-refractivity contribution in [3.05, 3.63) is 70.4 Å². The van der Waals surface area contributed by atoms with Crippen LogP contribution in [0.25, 0.3) is 11.4 Å². The van der Waals surface area contributed by atoms with Gasteiger partial charge in [0, 0.05) is 30.8 Å². The number of hydrogen-bond donors (Lipinski definition) is 2. The van der Waals surface area contributed by atoms with Gasteiger partial charge in [-0.15, -0.1) is 0 Å². The fourth-order valence-corrected chi connectivity index (χ4v) is 2.35. The predicted octanol–water partition coefficient (Wildman–Crippen LogP) is 1.71. The first kappa shape index (κ1) is 21.4. The number of hydrogen-bond acceptors (Lipinski definition) is 8. The van der Waals surface area contributed by atoms with E-state index in [1.54, 1.807) is 0 Å². The summed E-state index contributed by atoms with van der Waals surface area (Å²) in [5, 5.41) is 19.4. The number of nitrogens with one attached hydrogen (secondary N) is 2. The van der Waals surface area contributed by atoms with Crippen molar-refractivity contribution in [2.45, 2.75) is 0 Å². The van der Waals surface area contributed by atoms with Crippen molar-refractivity contribution in [3.63, 3.8) is 0 Å². The molecule has 31 heavy (non-hydrogen) atoms. The van der Waals surface area contributed by atoms with Crippen molar-refractivity contribution in [1.29, 1.82) is 0 Å². The normalized spacial score (nSPS) is 10.4. The zero-order valence-electron chi connectivity index (χ0n) is 15.9. The molecule has 0 aliphatic carbocycles. The molecule has 0 radical (unpaired) electrons. The van der Waals surface area contributed by atoms with Crippen LogP contribution in [0.5, 0.6) is 5.75 Å². The van der Waals surface area contributed by atoms with Crippen LogP contribution >= 0.6 is 0 Å². The Hall–Kier alpha value is -4.35. The maximum Gasteiger partial charge on any atom is 0.316 e. The van der Waals surface area contributed by atoms with Gasteiger partial charge in [0.1, 0.15) is 11.6 Å². The second-order valence-corrected chi connectivity index (χ2v) is 6.08. The van der Waals surface area contributed by atoms with E-state index in [1.165, 1.54) is 48.5 Å². The number of ether oxygens (including phenoxy) is 1. The molecule has 0 saturated heterocycles. The molecule has 3 aromatic rings. The number of non-ortho nitro benzene ring substituents is 1. The summed E-state index contributed by atoms with van der Waals surface area (Å²) in [6.07, 6.45) is 0. The number of benzene rings is 2. The first-order chi connectivity index (χ1) is 14.9. The molecule has 0 spiro atoms. The molecule has 0 saturated carbocycles. The lowest BCUT2D eigenvalue weighted by molar-refractivity contribution is -0.384. The fraction of sp³-hybridized carbons (Fsp3) is 0.158. The van der Waals surface area contributed by atoms with Crippen molar-refractivity contribution in [1.82, 2.24) is 20.8 Å². The molecule has 0 fully saturated rings. The van der Waals surface area contributed by atoms with Crippen LogP contribution in [0.3, 0.4) is 0 Å². The smallest absolute Gasteiger partial charge is 0.316 e. The molecule has 1 aromatic heterocycles. The molecule has 0 bridgehead atoms. The van der Waals surface area contributed by atoms with E-state index < -0.39 is 22.6 Å². The quantitative estimate of drug-likeness (QED) is 0.297. The summed E-state index contributed by atoms with van der Waals surface area (Å²) in [6, 6.07) is 10.7. The minimum absolute atomic E-state index is 0.0877. The Bertz CT molecular complexity index is 1070. The summed E-state index contributed by atoms with van der Waals surface area (Å²) in [4.78, 5) is 37.9. The molecule has 1 heterocycles. The molecule has 11 nitrogen and oxygen atoms in total. The van der Waals surface area contributed by atoms with Gasteiger partial charge in [0.25, 0.3) is 11.6 Å². The summed E-state index contributed by atoms with van der Waals surface area (Å²) >= 11 is 0. The van der Waals surface area contributed by atoms with Gasteiger partial charge < -0.3 is 19.9 Å². The highest BCUT2D eigenvalue weighted by Gasteiger charge is 2.16. The maximum absolute atomic E-state index is 12.8. The summed E-state index contributed by atoms with van der Waals surface area (Å²) in [5.41, 5.74) is 0.358. The largest absolute Gasteiger partial charge is 0.484 e. The zero-order chi connectivity index (χ0) is 22.2. The molecule has 0 aliphatic heterocycles. The van der Waals surface area contributed by atoms with Crippen LogP contribution in [-0.2, 0) is 4.79 Å². The van der Waals surface area contributed by atoms with Crippen LogP contribution in [0.4, 0.5) is 10.1 Å². The van der Waals surface area contributed by atoms with Crippen LogP contribution in [0.1, 0.15) is 10.7 Å². The highest BCUT2D eigenvalue weighted by Crippen LogP contribution is 2.19. The maximum atomic E-state index is 12.8. The van der Waals surface area contributed by atoms with Crippen LogP contribution in [-0.4, -0.2) is 46.6 Å². The monoisotopic (exact) mass is 429 g/mol. The van der Waals surface area contributed by atoms with Gasteiger partial charge in [-0.05, 0) is 36.4 Å². The number of amides is 2. The van der Waals surface area contributed by atoms with Gasteiger partial charge >= 0.3 is 11.8 Å². The summed E-state index contributed by atoms with van der Waals surface area (Å²) < 4.78 is 22.9. The van der Waals surface area contributed by atoms with E-state index in [2.05, 4.69) is 20.8 Å². The Kier molecular flexibility index (Phi) is 6.83. The van der Waals surface area contributed by atoms with Crippen molar-refractivity contribution in [3.8, 4) is 17.1 Å². The van der Waals surface area contributed by atoms with Crippen molar-refractivity contribution in [2.24, 2.45) is 0 Å². The Morgan fingerprint density at radius 3 is 2.42 bits per heavy atom. The SMILES string of the molecule is O=C(COc1ccc(F)cc1)NCCNC(=O)c1nc(-c2ccc([N+](=O)[O-])cc2)no1. The summed E-state index contributed by atoms with van der Waals surface area (Å²) in [5.74, 6) is -1.31. The zero-order valence-corrected chi connectivity index (χ0v) is 15.9. The average molecular weight is 429 g/mol. The number of carbonyl (C=O) groups excluding carboxylic acids is 2. The molecular formula is C19H16FN5O6. The summed E-state index contributed by atoms with van der Waals surface area (Å²) in [6.45, 7) is -0.0428. The number of nitrogens with zero attached hydrogens (tertiary/aromatic N) is 3. The number of halogens is 1. The van der Waals surface area contributed by atoms with E-state index in [-0.39, 0.29) is 37.1 Å². The topological polar surface area (TPSA) is 149 Å². The minimum Gasteiger partial charge on any atom is -0.484 e. The van der Waals surface area contributed by atoms with Crippen LogP contribution in [0, 0.1) is 15.9 Å². The number of nitro groups is 1. The van der Waals surface area contributed by atoms with Crippen LogP contribution < -0.4 is 15.4 Å². The molecule has 0 unspecified atom stereocenters.